The monoisotopic (exact) mass is 235 g/mol. The second-order valence-electron chi connectivity index (χ2n) is 5.34. The quantitative estimate of drug-likeness (QED) is 0.800. The van der Waals surface area contributed by atoms with E-state index in [-0.39, 0.29) is 24.3 Å². The number of nitrogens with one attached hydrogen (secondary N) is 1. The highest BCUT2D eigenvalue weighted by molar-refractivity contribution is 5.87. The Morgan fingerprint density at radius 2 is 1.69 bits per heavy atom. The van der Waals surface area contributed by atoms with Gasteiger partial charge in [-0.15, -0.1) is 0 Å². The molecule has 0 unspecified atom stereocenters. The molecule has 0 aromatic heterocycles. The van der Waals surface area contributed by atoms with Gasteiger partial charge in [-0.3, -0.25) is 4.79 Å². The zero-order valence-electron chi connectivity index (χ0n) is 9.45. The van der Waals surface area contributed by atoms with Crippen molar-refractivity contribution in [3.63, 3.8) is 0 Å². The summed E-state index contributed by atoms with van der Waals surface area (Å²) in [6.45, 7) is 3.86. The third-order valence-electron chi connectivity index (χ3n) is 3.98. The van der Waals surface area contributed by atoms with Crippen LogP contribution in [0.3, 0.4) is 0 Å². The fraction of sp³-hybridized carbons (Fsp3) is 0.909. The molecule has 0 spiro atoms. The van der Waals surface area contributed by atoms with Crippen LogP contribution in [0.5, 0.6) is 0 Å². The minimum atomic E-state index is -4.40. The van der Waals surface area contributed by atoms with Gasteiger partial charge in [0.2, 0.25) is 5.91 Å². The van der Waals surface area contributed by atoms with Crippen molar-refractivity contribution in [3.05, 3.63) is 0 Å². The first-order chi connectivity index (χ1) is 7.24. The molecule has 0 aromatic carbocycles. The molecule has 92 valence electrons. The van der Waals surface area contributed by atoms with E-state index in [1.807, 2.05) is 13.8 Å². The van der Waals surface area contributed by atoms with Crippen molar-refractivity contribution in [2.45, 2.75) is 51.2 Å². The van der Waals surface area contributed by atoms with Crippen LogP contribution in [0.25, 0.3) is 0 Å². The minimum absolute atomic E-state index is 0.0590. The van der Waals surface area contributed by atoms with Gasteiger partial charge in [0.05, 0.1) is 0 Å². The zero-order valence-corrected chi connectivity index (χ0v) is 9.45. The van der Waals surface area contributed by atoms with E-state index in [4.69, 9.17) is 0 Å². The molecule has 1 amide bonds. The van der Waals surface area contributed by atoms with E-state index >= 15 is 0 Å². The predicted octanol–water partition coefficient (Wildman–Crippen LogP) is 2.63. The van der Waals surface area contributed by atoms with Crippen LogP contribution < -0.4 is 5.32 Å². The van der Waals surface area contributed by atoms with Gasteiger partial charge in [-0.2, -0.15) is 13.2 Å². The molecule has 0 aliphatic heterocycles. The molecule has 1 N–H and O–H groups in total. The number of amides is 1. The Hall–Kier alpha value is -0.740. The van der Waals surface area contributed by atoms with Gasteiger partial charge in [-0.25, -0.2) is 0 Å². The molecular weight excluding hydrogens is 219 g/mol. The highest BCUT2D eigenvalue weighted by Crippen LogP contribution is 2.58. The lowest BCUT2D eigenvalue weighted by atomic mass is 9.99. The van der Waals surface area contributed by atoms with Crippen LogP contribution >= 0.6 is 0 Å². The number of hydrogen-bond acceptors (Lipinski definition) is 1. The number of alkyl halides is 3. The summed E-state index contributed by atoms with van der Waals surface area (Å²) in [6, 6.07) is 0. The molecule has 0 radical (unpaired) electrons. The van der Waals surface area contributed by atoms with Gasteiger partial charge < -0.3 is 5.32 Å². The largest absolute Gasteiger partial charge is 0.403 e. The van der Waals surface area contributed by atoms with Gasteiger partial charge in [0.1, 0.15) is 5.41 Å². The molecule has 0 saturated heterocycles. The Bertz CT molecular complexity index is 314. The molecule has 16 heavy (non-hydrogen) atoms. The highest BCUT2D eigenvalue weighted by Gasteiger charge is 2.69. The van der Waals surface area contributed by atoms with Crippen molar-refractivity contribution in [3.8, 4) is 0 Å². The third kappa shape index (κ3) is 1.60. The summed E-state index contributed by atoms with van der Waals surface area (Å²) in [5.41, 5.74) is -2.44. The van der Waals surface area contributed by atoms with Crippen LogP contribution in [-0.4, -0.2) is 17.6 Å². The van der Waals surface area contributed by atoms with Crippen molar-refractivity contribution in [2.75, 3.05) is 0 Å². The topological polar surface area (TPSA) is 29.1 Å². The molecule has 0 aromatic rings. The lowest BCUT2D eigenvalue weighted by Gasteiger charge is -2.26. The SMILES string of the molecule is CC(C)C1(NC(=O)C2(C(F)(F)F)CC2)CC1. The van der Waals surface area contributed by atoms with E-state index in [1.54, 1.807) is 0 Å². The summed E-state index contributed by atoms with van der Waals surface area (Å²) in [5, 5.41) is 2.62. The first kappa shape index (κ1) is 11.7. The van der Waals surface area contributed by atoms with Gasteiger partial charge >= 0.3 is 6.18 Å². The normalized spacial score (nSPS) is 25.4. The number of carbonyl (C=O) groups excluding carboxylic acids is 1. The highest BCUT2D eigenvalue weighted by atomic mass is 19.4. The first-order valence-electron chi connectivity index (χ1n) is 5.63. The maximum atomic E-state index is 12.7. The van der Waals surface area contributed by atoms with Crippen LogP contribution in [0.4, 0.5) is 13.2 Å². The predicted molar refractivity (Wildman–Crippen MR) is 52.7 cm³/mol. The molecule has 2 aliphatic rings. The summed E-state index contributed by atoms with van der Waals surface area (Å²) < 4.78 is 38.0. The zero-order chi connectivity index (χ0) is 12.2. The molecule has 2 rings (SSSR count). The van der Waals surface area contributed by atoms with Crippen LogP contribution in [0.15, 0.2) is 0 Å². The van der Waals surface area contributed by atoms with Gasteiger partial charge in [0.25, 0.3) is 0 Å². The lowest BCUT2D eigenvalue weighted by molar-refractivity contribution is -0.193. The Kier molecular flexibility index (Phi) is 2.30. The molecule has 2 saturated carbocycles. The lowest BCUT2D eigenvalue weighted by Crippen LogP contribution is -2.48. The van der Waals surface area contributed by atoms with Crippen LogP contribution in [0.2, 0.25) is 0 Å². The average Bonchev–Trinajstić information content (AvgIpc) is 2.97. The summed E-state index contributed by atoms with van der Waals surface area (Å²) >= 11 is 0. The molecule has 0 heterocycles. The van der Waals surface area contributed by atoms with Crippen LogP contribution in [-0.2, 0) is 4.79 Å². The molecule has 0 bridgehead atoms. The smallest absolute Gasteiger partial charge is 0.350 e. The first-order valence-corrected chi connectivity index (χ1v) is 5.63. The van der Waals surface area contributed by atoms with Crippen molar-refractivity contribution in [1.82, 2.24) is 5.32 Å². The fourth-order valence-corrected chi connectivity index (χ4v) is 2.09. The molecule has 5 heteroatoms. The van der Waals surface area contributed by atoms with E-state index in [0.29, 0.717) is 0 Å². The fourth-order valence-electron chi connectivity index (χ4n) is 2.09. The minimum Gasteiger partial charge on any atom is -0.350 e. The molecule has 2 fully saturated rings. The van der Waals surface area contributed by atoms with E-state index in [1.165, 1.54) is 0 Å². The van der Waals surface area contributed by atoms with Crippen LogP contribution in [0.1, 0.15) is 39.5 Å². The summed E-state index contributed by atoms with van der Waals surface area (Å²) in [4.78, 5) is 11.7. The average molecular weight is 235 g/mol. The van der Waals surface area contributed by atoms with Crippen LogP contribution in [0, 0.1) is 11.3 Å². The van der Waals surface area contributed by atoms with Gasteiger partial charge in [-0.05, 0) is 31.6 Å². The standard InChI is InChI=1S/C11H16F3NO/c1-7(2)10(5-6-10)15-8(16)9(3-4-9)11(12,13)14/h7H,3-6H2,1-2H3,(H,15,16). The molecule has 0 atom stereocenters. The van der Waals surface area contributed by atoms with Gasteiger partial charge in [0.15, 0.2) is 0 Å². The maximum Gasteiger partial charge on any atom is 0.403 e. The van der Waals surface area contributed by atoms with E-state index in [0.717, 1.165) is 12.8 Å². The Balaban J connectivity index is 2.05. The molecular formula is C11H16F3NO. The Labute approximate surface area is 92.6 Å². The van der Waals surface area contributed by atoms with Gasteiger partial charge in [-0.1, -0.05) is 13.8 Å². The second-order valence-corrected chi connectivity index (χ2v) is 5.34. The molecule has 2 nitrogen and oxygen atoms in total. The van der Waals surface area contributed by atoms with Gasteiger partial charge in [0, 0.05) is 5.54 Å². The van der Waals surface area contributed by atoms with E-state index < -0.39 is 17.5 Å². The van der Waals surface area contributed by atoms with Crippen molar-refractivity contribution < 1.29 is 18.0 Å². The maximum absolute atomic E-state index is 12.7. The summed E-state index contributed by atoms with van der Waals surface area (Å²) in [7, 11) is 0. The second kappa shape index (κ2) is 3.14. The van der Waals surface area contributed by atoms with E-state index in [9.17, 15) is 18.0 Å². The number of carbonyl (C=O) groups is 1. The Morgan fingerprint density at radius 3 is 1.94 bits per heavy atom. The number of rotatable bonds is 3. The molecule has 2 aliphatic carbocycles. The summed E-state index contributed by atoms with van der Waals surface area (Å²) in [6.07, 6.45) is -2.92. The van der Waals surface area contributed by atoms with E-state index in [2.05, 4.69) is 5.32 Å². The van der Waals surface area contributed by atoms with Crippen molar-refractivity contribution >= 4 is 5.91 Å². The van der Waals surface area contributed by atoms with Crippen molar-refractivity contribution in [2.24, 2.45) is 11.3 Å². The number of halogens is 3. The third-order valence-corrected chi connectivity index (χ3v) is 3.98. The number of hydrogen-bond donors (Lipinski definition) is 1. The Morgan fingerprint density at radius 1 is 1.19 bits per heavy atom. The van der Waals surface area contributed by atoms with Crippen molar-refractivity contribution in [1.29, 1.82) is 0 Å². The summed E-state index contributed by atoms with van der Waals surface area (Å²) in [5.74, 6) is -0.619.